The molecule has 1 aliphatic rings. The van der Waals surface area contributed by atoms with Gasteiger partial charge in [-0.2, -0.15) is 0 Å². The van der Waals surface area contributed by atoms with Crippen LogP contribution < -0.4 is 0 Å². The van der Waals surface area contributed by atoms with E-state index in [0.717, 1.165) is 15.4 Å². The van der Waals surface area contributed by atoms with Gasteiger partial charge >= 0.3 is 0 Å². The van der Waals surface area contributed by atoms with Gasteiger partial charge in [0.05, 0.1) is 0 Å². The van der Waals surface area contributed by atoms with Crippen molar-refractivity contribution >= 4 is 37.5 Å². The van der Waals surface area contributed by atoms with Crippen molar-refractivity contribution in [1.82, 2.24) is 9.97 Å². The average molecular weight is 297 g/mol. The Balaban J connectivity index is 2.09. The third-order valence-corrected chi connectivity index (χ3v) is 4.90. The second-order valence-corrected chi connectivity index (χ2v) is 5.98. The molecule has 0 aromatic carbocycles. The molecule has 1 saturated carbocycles. The first-order chi connectivity index (χ1) is 7.86. The van der Waals surface area contributed by atoms with E-state index in [4.69, 9.17) is 0 Å². The molecule has 0 unspecified atom stereocenters. The fourth-order valence-corrected chi connectivity index (χ4v) is 4.20. The van der Waals surface area contributed by atoms with Gasteiger partial charge in [-0.15, -0.1) is 11.3 Å². The normalized spacial score (nSPS) is 18.1. The third kappa shape index (κ3) is 1.78. The number of nitrogens with zero attached hydrogens (tertiary/aromatic N) is 2. The Hall–Kier alpha value is -0.480. The zero-order chi connectivity index (χ0) is 11.0. The van der Waals surface area contributed by atoms with E-state index in [1.807, 2.05) is 0 Å². The minimum Gasteiger partial charge on any atom is -0.229 e. The van der Waals surface area contributed by atoms with Crippen molar-refractivity contribution in [2.24, 2.45) is 0 Å². The number of aromatic nitrogens is 2. The van der Waals surface area contributed by atoms with Gasteiger partial charge in [0.15, 0.2) is 0 Å². The molecule has 2 aromatic heterocycles. The Morgan fingerprint density at radius 1 is 1.19 bits per heavy atom. The molecule has 2 nitrogen and oxygen atoms in total. The smallest absolute Gasteiger partial charge is 0.128 e. The maximum atomic E-state index is 4.33. The summed E-state index contributed by atoms with van der Waals surface area (Å²) in [6, 6.07) is 0. The van der Waals surface area contributed by atoms with Crippen LogP contribution >= 0.6 is 27.3 Å². The summed E-state index contributed by atoms with van der Waals surface area (Å²) in [6.45, 7) is 0. The predicted octanol–water partition coefficient (Wildman–Crippen LogP) is 4.50. The molecule has 16 heavy (non-hydrogen) atoms. The van der Waals surface area contributed by atoms with Gasteiger partial charge in [0.25, 0.3) is 0 Å². The second-order valence-electron chi connectivity index (χ2n) is 4.37. The van der Waals surface area contributed by atoms with Crippen LogP contribution in [0, 0.1) is 0 Å². The van der Waals surface area contributed by atoms with Gasteiger partial charge in [0.2, 0.25) is 0 Å². The number of thiophene rings is 1. The Kier molecular flexibility index (Phi) is 2.94. The number of hydrogen-bond donors (Lipinski definition) is 0. The van der Waals surface area contributed by atoms with Gasteiger partial charge in [-0.25, -0.2) is 9.97 Å². The van der Waals surface area contributed by atoms with Crippen LogP contribution in [-0.4, -0.2) is 9.97 Å². The molecule has 0 atom stereocenters. The largest absolute Gasteiger partial charge is 0.229 e. The molecule has 4 heteroatoms. The quantitative estimate of drug-likeness (QED) is 0.724. The van der Waals surface area contributed by atoms with Crippen molar-refractivity contribution in [1.29, 1.82) is 0 Å². The van der Waals surface area contributed by atoms with Crippen molar-refractivity contribution in [2.45, 2.75) is 38.0 Å². The lowest BCUT2D eigenvalue weighted by Crippen LogP contribution is -2.03. The van der Waals surface area contributed by atoms with Crippen molar-refractivity contribution in [3.05, 3.63) is 21.9 Å². The van der Waals surface area contributed by atoms with Gasteiger partial charge in [-0.3, -0.25) is 0 Å². The number of fused-ring (bicyclic) bond motifs is 1. The van der Waals surface area contributed by atoms with Crippen molar-refractivity contribution in [3.8, 4) is 0 Å². The number of hydrogen-bond acceptors (Lipinski definition) is 3. The first-order valence-corrected chi connectivity index (χ1v) is 7.41. The highest BCUT2D eigenvalue weighted by Crippen LogP contribution is 2.40. The molecule has 84 valence electrons. The van der Waals surface area contributed by atoms with Crippen molar-refractivity contribution in [3.63, 3.8) is 0 Å². The maximum Gasteiger partial charge on any atom is 0.128 e. The van der Waals surface area contributed by atoms with Crippen molar-refractivity contribution < 1.29 is 0 Å². The average Bonchev–Trinajstić information content (AvgIpc) is 2.75. The van der Waals surface area contributed by atoms with Crippen LogP contribution in [0.1, 0.15) is 43.6 Å². The van der Waals surface area contributed by atoms with Gasteiger partial charge in [0, 0.05) is 5.39 Å². The molecule has 1 aliphatic carbocycles. The summed E-state index contributed by atoms with van der Waals surface area (Å²) < 4.78 is 0.958. The highest BCUT2D eigenvalue weighted by molar-refractivity contribution is 9.10. The monoisotopic (exact) mass is 296 g/mol. The molecule has 2 heterocycles. The summed E-state index contributed by atoms with van der Waals surface area (Å²) >= 11 is 5.29. The molecule has 0 radical (unpaired) electrons. The molecule has 0 N–H and O–H groups in total. The van der Waals surface area contributed by atoms with Crippen LogP contribution in [0.15, 0.2) is 16.3 Å². The Bertz CT molecular complexity index is 503. The van der Waals surface area contributed by atoms with Crippen LogP contribution in [0.5, 0.6) is 0 Å². The van der Waals surface area contributed by atoms with Crippen molar-refractivity contribution in [2.75, 3.05) is 0 Å². The highest BCUT2D eigenvalue weighted by Gasteiger charge is 2.20. The molecule has 3 rings (SSSR count). The van der Waals surface area contributed by atoms with Gasteiger partial charge in [0.1, 0.15) is 15.8 Å². The first kappa shape index (κ1) is 10.7. The fraction of sp³-hybridized carbons (Fsp3) is 0.500. The van der Waals surface area contributed by atoms with Crippen LogP contribution in [0.3, 0.4) is 0 Å². The number of halogens is 1. The lowest BCUT2D eigenvalue weighted by atomic mass is 9.84. The van der Waals surface area contributed by atoms with Crippen LogP contribution in [0.25, 0.3) is 10.2 Å². The molecule has 0 saturated heterocycles. The van der Waals surface area contributed by atoms with E-state index >= 15 is 0 Å². The van der Waals surface area contributed by atoms with E-state index in [9.17, 15) is 0 Å². The van der Waals surface area contributed by atoms with Gasteiger partial charge in [-0.1, -0.05) is 19.3 Å². The molecule has 0 spiro atoms. The van der Waals surface area contributed by atoms with E-state index in [0.29, 0.717) is 0 Å². The fourth-order valence-electron chi connectivity index (χ4n) is 2.57. The van der Waals surface area contributed by atoms with Crippen LogP contribution in [-0.2, 0) is 0 Å². The highest BCUT2D eigenvalue weighted by atomic mass is 79.9. The standard InChI is InChI=1S/C12H13BrN2S/c13-11-10-9(8-4-2-1-3-5-8)6-16-12(10)15-7-14-11/h6-8H,1-5H2. The summed E-state index contributed by atoms with van der Waals surface area (Å²) in [7, 11) is 0. The zero-order valence-corrected chi connectivity index (χ0v) is 11.4. The summed E-state index contributed by atoms with van der Waals surface area (Å²) in [5.41, 5.74) is 1.46. The molecular weight excluding hydrogens is 284 g/mol. The van der Waals surface area contributed by atoms with Crippen LogP contribution in [0.4, 0.5) is 0 Å². The molecular formula is C12H13BrN2S. The molecule has 1 fully saturated rings. The van der Waals surface area contributed by atoms with Gasteiger partial charge < -0.3 is 0 Å². The Morgan fingerprint density at radius 3 is 2.81 bits per heavy atom. The zero-order valence-electron chi connectivity index (χ0n) is 8.95. The van der Waals surface area contributed by atoms with E-state index in [1.54, 1.807) is 17.7 Å². The summed E-state index contributed by atoms with van der Waals surface area (Å²) in [6.07, 6.45) is 8.42. The topological polar surface area (TPSA) is 25.8 Å². The van der Waals surface area contributed by atoms with E-state index < -0.39 is 0 Å². The third-order valence-electron chi connectivity index (χ3n) is 3.40. The van der Waals surface area contributed by atoms with Gasteiger partial charge in [-0.05, 0) is 45.6 Å². The SMILES string of the molecule is Brc1ncnc2scc(C3CCCCC3)c12. The maximum absolute atomic E-state index is 4.33. The predicted molar refractivity (Wildman–Crippen MR) is 70.9 cm³/mol. The molecule has 0 bridgehead atoms. The Morgan fingerprint density at radius 2 is 2.00 bits per heavy atom. The molecule has 0 amide bonds. The minimum atomic E-state index is 0.727. The van der Waals surface area contributed by atoms with E-state index in [1.165, 1.54) is 43.1 Å². The molecule has 0 aliphatic heterocycles. The summed E-state index contributed by atoms with van der Waals surface area (Å²) in [5.74, 6) is 0.727. The lowest BCUT2D eigenvalue weighted by Gasteiger charge is -2.21. The second kappa shape index (κ2) is 4.41. The lowest BCUT2D eigenvalue weighted by molar-refractivity contribution is 0.446. The first-order valence-electron chi connectivity index (χ1n) is 5.74. The van der Waals surface area contributed by atoms with Crippen LogP contribution in [0.2, 0.25) is 0 Å². The number of rotatable bonds is 1. The molecule has 2 aromatic rings. The summed E-state index contributed by atoms with van der Waals surface area (Å²) in [4.78, 5) is 9.70. The van der Waals surface area contributed by atoms with E-state index in [-0.39, 0.29) is 0 Å². The summed E-state index contributed by atoms with van der Waals surface area (Å²) in [5, 5.41) is 3.53. The Labute approximate surface area is 107 Å². The minimum absolute atomic E-state index is 0.727. The van der Waals surface area contributed by atoms with E-state index in [2.05, 4.69) is 31.3 Å².